The van der Waals surface area contributed by atoms with Crippen LogP contribution in [0, 0.1) is 0 Å². The van der Waals surface area contributed by atoms with Gasteiger partial charge >= 0.3 is 0 Å². The molecule has 0 radical (unpaired) electrons. The molecule has 0 saturated carbocycles. The average molecular weight is 298 g/mol. The normalized spacial score (nSPS) is 10.5. The van der Waals surface area contributed by atoms with E-state index >= 15 is 0 Å². The van der Waals surface area contributed by atoms with Gasteiger partial charge < -0.3 is 9.88 Å². The number of imidazole rings is 1. The molecule has 4 heteroatoms. The van der Waals surface area contributed by atoms with Crippen molar-refractivity contribution in [3.05, 3.63) is 83.4 Å². The fourth-order valence-corrected chi connectivity index (χ4v) is 2.26. The van der Waals surface area contributed by atoms with Crippen LogP contribution in [0.15, 0.2) is 67.1 Å². The van der Waals surface area contributed by atoms with Crippen molar-refractivity contribution >= 4 is 17.3 Å². The second-order valence-electron chi connectivity index (χ2n) is 4.88. The first-order valence-electron chi connectivity index (χ1n) is 6.83. The van der Waals surface area contributed by atoms with Gasteiger partial charge in [0.25, 0.3) is 0 Å². The Kier molecular flexibility index (Phi) is 4.22. The second kappa shape index (κ2) is 6.46. The number of anilines is 1. The number of nitrogens with one attached hydrogen (secondary N) is 1. The summed E-state index contributed by atoms with van der Waals surface area (Å²) in [6.45, 7) is 1.54. The van der Waals surface area contributed by atoms with E-state index in [0.29, 0.717) is 6.54 Å². The molecule has 0 fully saturated rings. The number of nitrogens with zero attached hydrogens (tertiary/aromatic N) is 2. The molecule has 3 aromatic rings. The third-order valence-electron chi connectivity index (χ3n) is 3.21. The van der Waals surface area contributed by atoms with Gasteiger partial charge in [0.15, 0.2) is 0 Å². The van der Waals surface area contributed by atoms with Gasteiger partial charge in [0, 0.05) is 23.5 Å². The number of rotatable bonds is 5. The van der Waals surface area contributed by atoms with Crippen LogP contribution in [0.3, 0.4) is 0 Å². The highest BCUT2D eigenvalue weighted by atomic mass is 35.5. The molecule has 3 nitrogen and oxygen atoms in total. The van der Waals surface area contributed by atoms with Gasteiger partial charge in [-0.2, -0.15) is 0 Å². The summed E-state index contributed by atoms with van der Waals surface area (Å²) in [5, 5.41) is 4.07. The Balaban J connectivity index is 1.59. The van der Waals surface area contributed by atoms with Gasteiger partial charge in [-0.05, 0) is 29.8 Å². The van der Waals surface area contributed by atoms with E-state index in [1.807, 2.05) is 36.7 Å². The zero-order chi connectivity index (χ0) is 14.5. The van der Waals surface area contributed by atoms with Crippen molar-refractivity contribution in [2.45, 2.75) is 13.1 Å². The van der Waals surface area contributed by atoms with Crippen molar-refractivity contribution in [3.63, 3.8) is 0 Å². The number of hydrogen-bond acceptors (Lipinski definition) is 2. The van der Waals surface area contributed by atoms with Crippen LogP contribution in [0.4, 0.5) is 5.69 Å². The van der Waals surface area contributed by atoms with Crippen molar-refractivity contribution < 1.29 is 0 Å². The Bertz CT molecular complexity index is 690. The van der Waals surface area contributed by atoms with Crippen LogP contribution in [0.5, 0.6) is 0 Å². The van der Waals surface area contributed by atoms with Crippen LogP contribution in [-0.4, -0.2) is 9.55 Å². The largest absolute Gasteiger partial charge is 0.379 e. The minimum atomic E-state index is 0.698. The summed E-state index contributed by atoms with van der Waals surface area (Å²) in [5.74, 6) is 0. The Labute approximate surface area is 129 Å². The van der Waals surface area contributed by atoms with Crippen LogP contribution in [0.2, 0.25) is 5.02 Å². The molecule has 3 rings (SSSR count). The number of hydrogen-bond donors (Lipinski definition) is 1. The molecule has 0 unspecified atom stereocenters. The lowest BCUT2D eigenvalue weighted by atomic mass is 10.2. The molecule has 0 saturated heterocycles. The molecule has 0 aliphatic rings. The van der Waals surface area contributed by atoms with Gasteiger partial charge in [0.1, 0.15) is 0 Å². The minimum absolute atomic E-state index is 0.698. The SMILES string of the molecule is Clc1ccc(NCc2cn(Cc3ccccc3)cn2)cc1. The lowest BCUT2D eigenvalue weighted by molar-refractivity contribution is 0.796. The lowest BCUT2D eigenvalue weighted by Gasteiger charge is -2.04. The van der Waals surface area contributed by atoms with Gasteiger partial charge in [-0.3, -0.25) is 0 Å². The molecule has 1 N–H and O–H groups in total. The predicted octanol–water partition coefficient (Wildman–Crippen LogP) is 4.20. The zero-order valence-corrected chi connectivity index (χ0v) is 12.3. The van der Waals surface area contributed by atoms with Crippen molar-refractivity contribution in [2.24, 2.45) is 0 Å². The maximum absolute atomic E-state index is 5.87. The smallest absolute Gasteiger partial charge is 0.0953 e. The lowest BCUT2D eigenvalue weighted by Crippen LogP contribution is -2.00. The minimum Gasteiger partial charge on any atom is -0.379 e. The zero-order valence-electron chi connectivity index (χ0n) is 11.5. The average Bonchev–Trinajstić information content (AvgIpc) is 2.95. The first kappa shape index (κ1) is 13.7. The summed E-state index contributed by atoms with van der Waals surface area (Å²) in [7, 11) is 0. The molecule has 0 aliphatic carbocycles. The van der Waals surface area contributed by atoms with Crippen LogP contribution in [-0.2, 0) is 13.1 Å². The standard InChI is InChI=1S/C17H16ClN3/c18-15-6-8-16(9-7-15)19-10-17-12-21(13-20-17)11-14-4-2-1-3-5-14/h1-9,12-13,19H,10-11H2. The number of aromatic nitrogens is 2. The van der Waals surface area contributed by atoms with E-state index in [9.17, 15) is 0 Å². The molecule has 21 heavy (non-hydrogen) atoms. The van der Waals surface area contributed by atoms with E-state index in [4.69, 9.17) is 11.6 Å². The second-order valence-corrected chi connectivity index (χ2v) is 5.32. The van der Waals surface area contributed by atoms with Gasteiger partial charge in [-0.1, -0.05) is 41.9 Å². The van der Waals surface area contributed by atoms with Crippen LogP contribution < -0.4 is 5.32 Å². The van der Waals surface area contributed by atoms with Crippen molar-refractivity contribution in [1.82, 2.24) is 9.55 Å². The molecule has 0 atom stereocenters. The summed E-state index contributed by atoms with van der Waals surface area (Å²) in [6, 6.07) is 18.0. The first-order chi connectivity index (χ1) is 10.3. The van der Waals surface area contributed by atoms with Crippen molar-refractivity contribution in [1.29, 1.82) is 0 Å². The highest BCUT2D eigenvalue weighted by Gasteiger charge is 2.00. The first-order valence-corrected chi connectivity index (χ1v) is 7.21. The van der Waals surface area contributed by atoms with E-state index in [2.05, 4.69) is 45.3 Å². The molecular weight excluding hydrogens is 282 g/mol. The predicted molar refractivity (Wildman–Crippen MR) is 86.5 cm³/mol. The molecule has 0 spiro atoms. The Morgan fingerprint density at radius 2 is 1.76 bits per heavy atom. The topological polar surface area (TPSA) is 29.9 Å². The monoisotopic (exact) mass is 297 g/mol. The van der Waals surface area contributed by atoms with Gasteiger partial charge in [-0.15, -0.1) is 0 Å². The maximum Gasteiger partial charge on any atom is 0.0953 e. The fraction of sp³-hybridized carbons (Fsp3) is 0.118. The van der Waals surface area contributed by atoms with Crippen LogP contribution >= 0.6 is 11.6 Å². The van der Waals surface area contributed by atoms with Crippen LogP contribution in [0.1, 0.15) is 11.3 Å². The maximum atomic E-state index is 5.87. The molecule has 0 bridgehead atoms. The molecular formula is C17H16ClN3. The fourth-order valence-electron chi connectivity index (χ4n) is 2.14. The molecule has 2 aromatic carbocycles. The molecule has 1 heterocycles. The molecule has 106 valence electrons. The van der Waals surface area contributed by atoms with E-state index in [-0.39, 0.29) is 0 Å². The Morgan fingerprint density at radius 3 is 2.52 bits per heavy atom. The van der Waals surface area contributed by atoms with Gasteiger partial charge in [-0.25, -0.2) is 4.98 Å². The summed E-state index contributed by atoms with van der Waals surface area (Å²) in [4.78, 5) is 4.42. The third kappa shape index (κ3) is 3.86. The molecule has 0 aliphatic heterocycles. The van der Waals surface area contributed by atoms with Crippen LogP contribution in [0.25, 0.3) is 0 Å². The quantitative estimate of drug-likeness (QED) is 0.765. The Hall–Kier alpha value is -2.26. The highest BCUT2D eigenvalue weighted by Crippen LogP contribution is 2.14. The van der Waals surface area contributed by atoms with Gasteiger partial charge in [0.05, 0.1) is 18.6 Å². The molecule has 1 aromatic heterocycles. The number of halogens is 1. The highest BCUT2D eigenvalue weighted by molar-refractivity contribution is 6.30. The Morgan fingerprint density at radius 1 is 1.00 bits per heavy atom. The van der Waals surface area contributed by atoms with Crippen molar-refractivity contribution in [3.8, 4) is 0 Å². The summed E-state index contributed by atoms with van der Waals surface area (Å²) in [5.41, 5.74) is 3.32. The summed E-state index contributed by atoms with van der Waals surface area (Å²) in [6.07, 6.45) is 3.93. The van der Waals surface area contributed by atoms with E-state index < -0.39 is 0 Å². The van der Waals surface area contributed by atoms with E-state index in [0.717, 1.165) is 22.9 Å². The van der Waals surface area contributed by atoms with E-state index in [1.165, 1.54) is 5.56 Å². The third-order valence-corrected chi connectivity index (χ3v) is 3.46. The molecule has 0 amide bonds. The van der Waals surface area contributed by atoms with Crippen molar-refractivity contribution in [2.75, 3.05) is 5.32 Å². The summed E-state index contributed by atoms with van der Waals surface area (Å²) >= 11 is 5.87. The number of benzene rings is 2. The summed E-state index contributed by atoms with van der Waals surface area (Å²) < 4.78 is 2.09. The van der Waals surface area contributed by atoms with Gasteiger partial charge in [0.2, 0.25) is 0 Å². The van der Waals surface area contributed by atoms with E-state index in [1.54, 1.807) is 0 Å².